The van der Waals surface area contributed by atoms with Gasteiger partial charge < -0.3 is 9.69 Å². The number of carbonyl (C=O) groups excluding carboxylic acids is 2. The molecule has 68 valence electrons. The zero-order chi connectivity index (χ0) is 8.97. The second-order valence-electron chi connectivity index (χ2n) is 3.44. The molecule has 0 N–H and O–H groups in total. The third kappa shape index (κ3) is 2.32. The van der Waals surface area contributed by atoms with Gasteiger partial charge in [0.2, 0.25) is 5.91 Å². The van der Waals surface area contributed by atoms with E-state index < -0.39 is 0 Å². The van der Waals surface area contributed by atoms with Crippen molar-refractivity contribution in [1.29, 1.82) is 0 Å². The molecular weight excluding hydrogens is 154 g/mol. The van der Waals surface area contributed by atoms with Crippen molar-refractivity contribution in [3.63, 3.8) is 0 Å². The van der Waals surface area contributed by atoms with Crippen molar-refractivity contribution >= 4 is 12.2 Å². The van der Waals surface area contributed by atoms with Crippen molar-refractivity contribution in [2.75, 3.05) is 13.1 Å². The maximum absolute atomic E-state index is 11.3. The minimum Gasteiger partial charge on any atom is -0.336 e. The molecule has 0 aromatic carbocycles. The number of hydrogen-bond donors (Lipinski definition) is 0. The van der Waals surface area contributed by atoms with E-state index in [9.17, 15) is 9.59 Å². The highest BCUT2D eigenvalue weighted by Gasteiger charge is 2.18. The second kappa shape index (κ2) is 4.24. The smallest absolute Gasteiger partial charge is 0.222 e. The van der Waals surface area contributed by atoms with Gasteiger partial charge in [-0.25, -0.2) is 0 Å². The van der Waals surface area contributed by atoms with Gasteiger partial charge in [0.15, 0.2) is 0 Å². The molecule has 12 heavy (non-hydrogen) atoms. The molecule has 0 aromatic rings. The molecule has 1 aliphatic heterocycles. The van der Waals surface area contributed by atoms with Gasteiger partial charge in [-0.1, -0.05) is 6.92 Å². The van der Waals surface area contributed by atoms with Gasteiger partial charge in [0.1, 0.15) is 6.29 Å². The van der Waals surface area contributed by atoms with Crippen molar-refractivity contribution < 1.29 is 9.59 Å². The Balaban J connectivity index is 2.49. The lowest BCUT2D eigenvalue weighted by Gasteiger charge is -2.16. The number of likely N-dealkylation sites (tertiary alicyclic amines) is 1. The molecule has 1 saturated heterocycles. The van der Waals surface area contributed by atoms with Crippen LogP contribution in [-0.2, 0) is 9.59 Å². The van der Waals surface area contributed by atoms with E-state index in [0.717, 1.165) is 25.7 Å². The Morgan fingerprint density at radius 1 is 1.58 bits per heavy atom. The highest BCUT2D eigenvalue weighted by atomic mass is 16.2. The molecule has 0 aliphatic carbocycles. The summed E-state index contributed by atoms with van der Waals surface area (Å²) >= 11 is 0. The normalized spacial score (nSPS) is 25.2. The van der Waals surface area contributed by atoms with E-state index >= 15 is 0 Å². The van der Waals surface area contributed by atoms with Gasteiger partial charge in [0.05, 0.1) is 6.54 Å². The van der Waals surface area contributed by atoms with Gasteiger partial charge in [0.25, 0.3) is 0 Å². The Hall–Kier alpha value is -0.860. The molecule has 0 bridgehead atoms. The molecule has 3 heteroatoms. The zero-order valence-electron chi connectivity index (χ0n) is 7.45. The predicted molar refractivity (Wildman–Crippen MR) is 45.7 cm³/mol. The Labute approximate surface area is 72.7 Å². The van der Waals surface area contributed by atoms with Crippen LogP contribution in [0.15, 0.2) is 0 Å². The molecule has 1 heterocycles. The Kier molecular flexibility index (Phi) is 3.26. The van der Waals surface area contributed by atoms with Crippen LogP contribution in [-0.4, -0.2) is 30.2 Å². The first-order valence-electron chi connectivity index (χ1n) is 4.45. The molecule has 1 unspecified atom stereocenters. The van der Waals surface area contributed by atoms with Crippen LogP contribution in [0.3, 0.4) is 0 Å². The first kappa shape index (κ1) is 9.23. The lowest BCUT2D eigenvalue weighted by Crippen LogP contribution is -2.31. The fourth-order valence-electron chi connectivity index (χ4n) is 1.46. The van der Waals surface area contributed by atoms with Crippen LogP contribution in [0.2, 0.25) is 0 Å². The number of amides is 1. The van der Waals surface area contributed by atoms with Crippen LogP contribution in [0.4, 0.5) is 0 Å². The summed E-state index contributed by atoms with van der Waals surface area (Å²) in [6, 6.07) is 0. The van der Waals surface area contributed by atoms with Crippen LogP contribution < -0.4 is 0 Å². The first-order chi connectivity index (χ1) is 5.74. The number of aldehydes is 1. The first-order valence-corrected chi connectivity index (χ1v) is 4.45. The monoisotopic (exact) mass is 169 g/mol. The number of carbonyl (C=O) groups is 2. The van der Waals surface area contributed by atoms with Crippen LogP contribution in [0.25, 0.3) is 0 Å². The van der Waals surface area contributed by atoms with Gasteiger partial charge in [-0.3, -0.25) is 4.79 Å². The van der Waals surface area contributed by atoms with Crippen LogP contribution in [0, 0.1) is 5.92 Å². The molecule has 3 nitrogen and oxygen atoms in total. The van der Waals surface area contributed by atoms with Gasteiger partial charge in [-0.2, -0.15) is 0 Å². The summed E-state index contributed by atoms with van der Waals surface area (Å²) in [7, 11) is 0. The number of nitrogens with zero attached hydrogens (tertiary/aromatic N) is 1. The third-order valence-corrected chi connectivity index (χ3v) is 2.39. The minimum atomic E-state index is 0.131. The molecule has 1 amide bonds. The topological polar surface area (TPSA) is 37.4 Å². The van der Waals surface area contributed by atoms with E-state index in [1.807, 2.05) is 0 Å². The molecule has 0 aromatic heterocycles. The summed E-state index contributed by atoms with van der Waals surface area (Å²) in [5.41, 5.74) is 0. The van der Waals surface area contributed by atoms with E-state index in [4.69, 9.17) is 0 Å². The molecule has 1 rings (SSSR count). The van der Waals surface area contributed by atoms with Crippen molar-refractivity contribution in [2.24, 2.45) is 5.92 Å². The molecule has 1 atom stereocenters. The number of rotatable bonds is 2. The van der Waals surface area contributed by atoms with Crippen molar-refractivity contribution in [2.45, 2.75) is 26.2 Å². The maximum Gasteiger partial charge on any atom is 0.222 e. The summed E-state index contributed by atoms with van der Waals surface area (Å²) in [4.78, 5) is 23.2. The summed E-state index contributed by atoms with van der Waals surface area (Å²) in [6.07, 6.45) is 3.40. The summed E-state index contributed by atoms with van der Waals surface area (Å²) in [5, 5.41) is 0. The lowest BCUT2D eigenvalue weighted by molar-refractivity contribution is -0.132. The highest BCUT2D eigenvalue weighted by Crippen LogP contribution is 2.16. The Morgan fingerprint density at radius 2 is 2.33 bits per heavy atom. The van der Waals surface area contributed by atoms with Gasteiger partial charge >= 0.3 is 0 Å². The molecule has 1 aliphatic rings. The molecule has 0 radical (unpaired) electrons. The highest BCUT2D eigenvalue weighted by molar-refractivity contribution is 5.78. The zero-order valence-corrected chi connectivity index (χ0v) is 7.45. The molecule has 0 saturated carbocycles. The van der Waals surface area contributed by atoms with E-state index in [1.165, 1.54) is 0 Å². The molecular formula is C9H15NO2. The maximum atomic E-state index is 11.3. The Morgan fingerprint density at radius 3 is 3.00 bits per heavy atom. The van der Waals surface area contributed by atoms with E-state index in [1.54, 1.807) is 4.90 Å². The fraction of sp³-hybridized carbons (Fsp3) is 0.778. The summed E-state index contributed by atoms with van der Waals surface area (Å²) < 4.78 is 0. The summed E-state index contributed by atoms with van der Waals surface area (Å²) in [5.74, 6) is 0.747. The molecule has 0 spiro atoms. The van der Waals surface area contributed by atoms with Crippen molar-refractivity contribution in [3.8, 4) is 0 Å². The molecule has 1 fully saturated rings. The third-order valence-electron chi connectivity index (χ3n) is 2.39. The standard InChI is InChI=1S/C9H15NO2/c1-8-2-3-9(12)10(5-4-8)6-7-11/h7-8H,2-6H2,1H3. The second-order valence-corrected chi connectivity index (χ2v) is 3.44. The largest absolute Gasteiger partial charge is 0.336 e. The number of hydrogen-bond acceptors (Lipinski definition) is 2. The van der Waals surface area contributed by atoms with E-state index in [0.29, 0.717) is 12.3 Å². The van der Waals surface area contributed by atoms with Crippen molar-refractivity contribution in [1.82, 2.24) is 4.90 Å². The lowest BCUT2D eigenvalue weighted by atomic mass is 10.0. The summed E-state index contributed by atoms with van der Waals surface area (Å²) in [6.45, 7) is 3.17. The van der Waals surface area contributed by atoms with Crippen molar-refractivity contribution in [3.05, 3.63) is 0 Å². The SMILES string of the molecule is CC1CCC(=O)N(CC=O)CC1. The van der Waals surface area contributed by atoms with Gasteiger partial charge in [-0.15, -0.1) is 0 Å². The van der Waals surface area contributed by atoms with Gasteiger partial charge in [0, 0.05) is 13.0 Å². The Bertz CT molecular complexity index is 179. The predicted octanol–water partition coefficient (Wildman–Crippen LogP) is 0.834. The fourth-order valence-corrected chi connectivity index (χ4v) is 1.46. The minimum absolute atomic E-state index is 0.131. The van der Waals surface area contributed by atoms with E-state index in [-0.39, 0.29) is 12.5 Å². The average molecular weight is 169 g/mol. The average Bonchev–Trinajstić information content (AvgIpc) is 2.20. The van der Waals surface area contributed by atoms with Crippen LogP contribution in [0.5, 0.6) is 0 Å². The van der Waals surface area contributed by atoms with E-state index in [2.05, 4.69) is 6.92 Å². The van der Waals surface area contributed by atoms with Crippen LogP contribution >= 0.6 is 0 Å². The quantitative estimate of drug-likeness (QED) is 0.574. The van der Waals surface area contributed by atoms with Crippen LogP contribution in [0.1, 0.15) is 26.2 Å². The van der Waals surface area contributed by atoms with Gasteiger partial charge in [-0.05, 0) is 18.8 Å².